The lowest BCUT2D eigenvalue weighted by Crippen LogP contribution is -2.53. The first-order valence-electron chi connectivity index (χ1n) is 15.1. The number of ether oxygens (including phenoxy) is 1. The second kappa shape index (κ2) is 15.7. The Labute approximate surface area is 248 Å². The van der Waals surface area contributed by atoms with Gasteiger partial charge in [0.2, 0.25) is 17.7 Å². The topological polar surface area (TPSA) is 145 Å². The van der Waals surface area contributed by atoms with Gasteiger partial charge in [-0.1, -0.05) is 38.0 Å². The Morgan fingerprint density at radius 2 is 1.88 bits per heavy atom. The van der Waals surface area contributed by atoms with E-state index in [1.807, 2.05) is 26.0 Å². The molecule has 3 N–H and O–H groups in total. The first kappa shape index (κ1) is 33.0. The number of methoxy groups -OCH3 is 1. The molecule has 3 rings (SSSR count). The summed E-state index contributed by atoms with van der Waals surface area (Å²) in [6.07, 6.45) is 3.98. The number of hydrogen-bond donors (Lipinski definition) is 3. The van der Waals surface area contributed by atoms with Crippen molar-refractivity contribution >= 4 is 35.3 Å². The van der Waals surface area contributed by atoms with Crippen molar-refractivity contribution in [1.29, 1.82) is 0 Å². The Bertz CT molecular complexity index is 1120. The van der Waals surface area contributed by atoms with Crippen LogP contribution in [0, 0.1) is 11.3 Å². The maximum atomic E-state index is 13.9. The predicted octanol–water partition coefficient (Wildman–Crippen LogP) is 2.51. The molecular formula is C31H46N4O7. The smallest absolute Gasteiger partial charge is 0.325 e. The molecular weight excluding hydrogens is 540 g/mol. The van der Waals surface area contributed by atoms with Crippen LogP contribution in [0.4, 0.5) is 5.69 Å². The van der Waals surface area contributed by atoms with Gasteiger partial charge >= 0.3 is 11.9 Å². The highest BCUT2D eigenvalue weighted by atomic mass is 16.5. The average molecular weight is 587 g/mol. The zero-order valence-corrected chi connectivity index (χ0v) is 25.2. The monoisotopic (exact) mass is 586 g/mol. The van der Waals surface area contributed by atoms with Crippen LogP contribution in [0.3, 0.4) is 0 Å². The molecule has 1 saturated carbocycles. The van der Waals surface area contributed by atoms with Crippen molar-refractivity contribution in [2.24, 2.45) is 11.3 Å². The molecule has 11 nitrogen and oxygen atoms in total. The number of fused-ring (bicyclic) bond motifs is 1. The Kier molecular flexibility index (Phi) is 12.3. The lowest BCUT2D eigenvalue weighted by Gasteiger charge is -2.33. The highest BCUT2D eigenvalue weighted by Gasteiger charge is 2.46. The summed E-state index contributed by atoms with van der Waals surface area (Å²) >= 11 is 0. The second-order valence-corrected chi connectivity index (χ2v) is 11.3. The van der Waals surface area contributed by atoms with Gasteiger partial charge in [-0.25, -0.2) is 0 Å². The molecule has 42 heavy (non-hydrogen) atoms. The molecule has 1 aromatic carbocycles. The molecule has 1 aromatic rings. The summed E-state index contributed by atoms with van der Waals surface area (Å²) in [6, 6.07) is 6.43. The minimum absolute atomic E-state index is 0.0296. The van der Waals surface area contributed by atoms with Crippen LogP contribution in [0.15, 0.2) is 24.3 Å². The van der Waals surface area contributed by atoms with Gasteiger partial charge in [0.05, 0.1) is 18.4 Å². The number of carbonyl (C=O) groups excluding carboxylic acids is 4. The zero-order chi connectivity index (χ0) is 30.7. The van der Waals surface area contributed by atoms with E-state index in [2.05, 4.69) is 10.6 Å². The lowest BCUT2D eigenvalue weighted by atomic mass is 9.75. The van der Waals surface area contributed by atoms with E-state index in [-0.39, 0.29) is 31.2 Å². The minimum Gasteiger partial charge on any atom is -0.481 e. The van der Waals surface area contributed by atoms with Crippen LogP contribution < -0.4 is 15.5 Å². The van der Waals surface area contributed by atoms with Gasteiger partial charge in [-0.3, -0.25) is 28.9 Å². The standard InChI is InChI=1S/C31H46N4O7/c1-4-32-17-10-18-34(5-2)26(36)19-23(29(39)40)20-31(15-8-9-16-31)30(41)33-24-14-13-22-11-6-7-12-25(22)35(28(24)38)21-27(37)42-3/h6-7,11-12,23-24,32H,4-5,8-10,13-21H2,1-3H3,(H,33,41)(H,39,40). The number of hydrogen-bond acceptors (Lipinski definition) is 7. The summed E-state index contributed by atoms with van der Waals surface area (Å²) in [7, 11) is 1.26. The average Bonchev–Trinajstić information content (AvgIpc) is 3.42. The number of carboxylic acid groups (broad SMARTS) is 1. The van der Waals surface area contributed by atoms with E-state index >= 15 is 0 Å². The molecule has 2 aliphatic rings. The molecule has 2 atom stereocenters. The number of esters is 1. The number of aryl methyl sites for hydroxylation is 1. The zero-order valence-electron chi connectivity index (χ0n) is 25.2. The normalized spacial score (nSPS) is 18.5. The molecule has 1 heterocycles. The number of nitrogens with one attached hydrogen (secondary N) is 2. The van der Waals surface area contributed by atoms with E-state index in [9.17, 15) is 29.1 Å². The van der Waals surface area contributed by atoms with E-state index < -0.39 is 35.2 Å². The van der Waals surface area contributed by atoms with Gasteiger partial charge in [0.25, 0.3) is 0 Å². The summed E-state index contributed by atoms with van der Waals surface area (Å²) < 4.78 is 4.82. The van der Waals surface area contributed by atoms with Crippen molar-refractivity contribution in [3.63, 3.8) is 0 Å². The van der Waals surface area contributed by atoms with Crippen LogP contribution in [0.25, 0.3) is 0 Å². The summed E-state index contributed by atoms with van der Waals surface area (Å²) in [5.74, 6) is -3.70. The van der Waals surface area contributed by atoms with Crippen molar-refractivity contribution < 1.29 is 33.8 Å². The largest absolute Gasteiger partial charge is 0.481 e. The quantitative estimate of drug-likeness (QED) is 0.210. The number of aliphatic carboxylic acids is 1. The van der Waals surface area contributed by atoms with Gasteiger partial charge in [0.1, 0.15) is 12.6 Å². The van der Waals surface area contributed by atoms with Crippen LogP contribution in [0.1, 0.15) is 70.8 Å². The van der Waals surface area contributed by atoms with Gasteiger partial charge in [0.15, 0.2) is 0 Å². The third-order valence-electron chi connectivity index (χ3n) is 8.58. The fourth-order valence-corrected chi connectivity index (χ4v) is 6.18. The molecule has 2 unspecified atom stereocenters. The third kappa shape index (κ3) is 8.30. The predicted molar refractivity (Wildman–Crippen MR) is 158 cm³/mol. The fourth-order valence-electron chi connectivity index (χ4n) is 6.18. The Morgan fingerprint density at radius 1 is 1.17 bits per heavy atom. The number of nitrogens with zero attached hydrogens (tertiary/aromatic N) is 2. The van der Waals surface area contributed by atoms with Crippen molar-refractivity contribution in [3.05, 3.63) is 29.8 Å². The first-order valence-corrected chi connectivity index (χ1v) is 15.1. The summed E-state index contributed by atoms with van der Waals surface area (Å²) in [6.45, 7) is 6.24. The number of rotatable bonds is 15. The highest BCUT2D eigenvalue weighted by Crippen LogP contribution is 2.44. The van der Waals surface area contributed by atoms with Gasteiger partial charge in [-0.05, 0) is 70.2 Å². The van der Waals surface area contributed by atoms with Crippen molar-refractivity contribution in [2.45, 2.75) is 77.7 Å². The Hall–Kier alpha value is -3.47. The lowest BCUT2D eigenvalue weighted by molar-refractivity contribution is -0.149. The number of carboxylic acids is 1. The molecule has 11 heteroatoms. The number of amides is 3. The molecule has 0 aromatic heterocycles. The summed E-state index contributed by atoms with van der Waals surface area (Å²) in [4.78, 5) is 68.3. The third-order valence-corrected chi connectivity index (χ3v) is 8.58. The van der Waals surface area contributed by atoms with Crippen LogP contribution in [-0.4, -0.2) is 85.5 Å². The van der Waals surface area contributed by atoms with E-state index in [1.165, 1.54) is 12.0 Å². The highest BCUT2D eigenvalue weighted by molar-refractivity contribution is 6.03. The Morgan fingerprint density at radius 3 is 2.52 bits per heavy atom. The van der Waals surface area contributed by atoms with Gasteiger partial charge < -0.3 is 25.4 Å². The van der Waals surface area contributed by atoms with Crippen molar-refractivity contribution in [1.82, 2.24) is 15.5 Å². The minimum atomic E-state index is -1.10. The molecule has 0 radical (unpaired) electrons. The van der Waals surface area contributed by atoms with Crippen LogP contribution in [0.2, 0.25) is 0 Å². The van der Waals surface area contributed by atoms with Crippen molar-refractivity contribution in [3.8, 4) is 0 Å². The molecule has 3 amide bonds. The fraction of sp³-hybridized carbons (Fsp3) is 0.645. The SMILES string of the molecule is CCNCCCN(CC)C(=O)CC(CC1(C(=O)NC2CCc3ccccc3N(CC(=O)OC)C2=O)CCCC1)C(=O)O. The molecule has 1 aliphatic heterocycles. The maximum Gasteiger partial charge on any atom is 0.325 e. The maximum absolute atomic E-state index is 13.9. The molecule has 232 valence electrons. The number of para-hydroxylation sites is 1. The molecule has 0 bridgehead atoms. The molecule has 1 aliphatic carbocycles. The van der Waals surface area contributed by atoms with Crippen molar-refractivity contribution in [2.75, 3.05) is 44.7 Å². The van der Waals surface area contributed by atoms with Crippen LogP contribution in [0.5, 0.6) is 0 Å². The molecule has 1 fully saturated rings. The van der Waals surface area contributed by atoms with E-state index in [1.54, 1.807) is 17.0 Å². The van der Waals surface area contributed by atoms with E-state index in [4.69, 9.17) is 4.74 Å². The van der Waals surface area contributed by atoms with Gasteiger partial charge in [0, 0.05) is 25.2 Å². The molecule has 0 saturated heterocycles. The summed E-state index contributed by atoms with van der Waals surface area (Å²) in [5.41, 5.74) is 0.506. The molecule has 0 spiro atoms. The van der Waals surface area contributed by atoms with E-state index in [0.29, 0.717) is 44.5 Å². The number of anilines is 1. The first-order chi connectivity index (χ1) is 20.2. The van der Waals surface area contributed by atoms with Crippen LogP contribution in [-0.2, 0) is 35.1 Å². The summed E-state index contributed by atoms with van der Waals surface area (Å²) in [5, 5.41) is 16.3. The number of benzene rings is 1. The van der Waals surface area contributed by atoms with Gasteiger partial charge in [-0.2, -0.15) is 0 Å². The van der Waals surface area contributed by atoms with Crippen LogP contribution >= 0.6 is 0 Å². The second-order valence-electron chi connectivity index (χ2n) is 11.3. The number of carbonyl (C=O) groups is 5. The Balaban J connectivity index is 1.76. The van der Waals surface area contributed by atoms with E-state index in [0.717, 1.165) is 37.9 Å². The van der Waals surface area contributed by atoms with Gasteiger partial charge in [-0.15, -0.1) is 0 Å².